The smallest absolute Gasteiger partial charge is 0.489 e. The molecule has 3 rings (SSSR count). The number of halogens is 4. The van der Waals surface area contributed by atoms with E-state index < -0.39 is 17.9 Å². The molecule has 26 heavy (non-hydrogen) atoms. The highest BCUT2D eigenvalue weighted by Crippen LogP contribution is 2.38. The Kier molecular flexibility index (Phi) is 6.09. The molecule has 0 atom stereocenters. The molecule has 0 aromatic heterocycles. The highest BCUT2D eigenvalue weighted by atomic mass is 19.4. The molecule has 0 heterocycles. The minimum Gasteiger partial charge on any atom is -0.489 e. The topological polar surface area (TPSA) is 18.5 Å². The van der Waals surface area contributed by atoms with E-state index in [1.165, 1.54) is 18.6 Å². The lowest BCUT2D eigenvalue weighted by atomic mass is 9.85. The van der Waals surface area contributed by atoms with Crippen molar-refractivity contribution >= 4 is 0 Å². The summed E-state index contributed by atoms with van der Waals surface area (Å²) in [7, 11) is 0. The first-order chi connectivity index (χ1) is 12.4. The Bertz CT molecular complexity index is 629. The van der Waals surface area contributed by atoms with Crippen LogP contribution in [0.1, 0.15) is 50.5 Å². The Balaban J connectivity index is 1.73. The molecule has 0 radical (unpaired) electrons. The Morgan fingerprint density at radius 1 is 1.04 bits per heavy atom. The van der Waals surface area contributed by atoms with Gasteiger partial charge in [-0.3, -0.25) is 0 Å². The number of ether oxygens (including phenoxy) is 2. The van der Waals surface area contributed by atoms with Crippen LogP contribution >= 0.6 is 0 Å². The molecule has 1 aromatic rings. The SMILES string of the molecule is Fc1c(C/C=C/C2CCC2)ccc(OCC2CCCC2)c1OC(F)(F)F. The van der Waals surface area contributed by atoms with Crippen LogP contribution in [-0.4, -0.2) is 13.0 Å². The van der Waals surface area contributed by atoms with E-state index in [2.05, 4.69) is 4.74 Å². The van der Waals surface area contributed by atoms with E-state index in [9.17, 15) is 17.6 Å². The fraction of sp³-hybridized carbons (Fsp3) is 0.600. The van der Waals surface area contributed by atoms with Crippen LogP contribution in [0.2, 0.25) is 0 Å². The molecule has 2 aliphatic rings. The van der Waals surface area contributed by atoms with Gasteiger partial charge in [-0.2, -0.15) is 0 Å². The minimum atomic E-state index is -4.97. The molecular weight excluding hydrogens is 348 g/mol. The molecule has 0 N–H and O–H groups in total. The van der Waals surface area contributed by atoms with Crippen molar-refractivity contribution in [2.45, 2.75) is 57.7 Å². The van der Waals surface area contributed by atoms with Crippen LogP contribution in [0, 0.1) is 17.7 Å². The molecule has 2 saturated carbocycles. The lowest BCUT2D eigenvalue weighted by molar-refractivity contribution is -0.276. The summed E-state index contributed by atoms with van der Waals surface area (Å²) in [6, 6.07) is 2.86. The first-order valence-corrected chi connectivity index (χ1v) is 9.29. The molecule has 2 nitrogen and oxygen atoms in total. The van der Waals surface area contributed by atoms with Gasteiger partial charge in [0, 0.05) is 0 Å². The lowest BCUT2D eigenvalue weighted by Gasteiger charge is -2.21. The van der Waals surface area contributed by atoms with E-state index >= 15 is 0 Å². The maximum atomic E-state index is 14.6. The van der Waals surface area contributed by atoms with Gasteiger partial charge in [0.2, 0.25) is 5.75 Å². The van der Waals surface area contributed by atoms with Crippen molar-refractivity contribution in [3.05, 3.63) is 35.7 Å². The number of rotatable bonds is 7. The van der Waals surface area contributed by atoms with Gasteiger partial charge in [0.15, 0.2) is 11.6 Å². The predicted octanol–water partition coefficient (Wildman–Crippen LogP) is 6.19. The summed E-state index contributed by atoms with van der Waals surface area (Å²) in [6.45, 7) is 0.286. The van der Waals surface area contributed by atoms with Crippen LogP contribution in [0.5, 0.6) is 11.5 Å². The van der Waals surface area contributed by atoms with Crippen LogP contribution in [0.15, 0.2) is 24.3 Å². The second-order valence-electron chi connectivity index (χ2n) is 7.20. The second-order valence-corrected chi connectivity index (χ2v) is 7.20. The summed E-state index contributed by atoms with van der Waals surface area (Å²) < 4.78 is 62.3. The average Bonchev–Trinajstić information content (AvgIpc) is 3.04. The van der Waals surface area contributed by atoms with Gasteiger partial charge in [-0.15, -0.1) is 13.2 Å². The minimum absolute atomic E-state index is 0.174. The molecule has 1 aromatic carbocycles. The van der Waals surface area contributed by atoms with Gasteiger partial charge in [-0.25, -0.2) is 4.39 Å². The number of hydrogen-bond donors (Lipinski definition) is 0. The summed E-state index contributed by atoms with van der Waals surface area (Å²) in [5, 5.41) is 0. The van der Waals surface area contributed by atoms with Crippen molar-refractivity contribution in [2.75, 3.05) is 6.61 Å². The van der Waals surface area contributed by atoms with Crippen LogP contribution in [0.3, 0.4) is 0 Å². The molecule has 2 fully saturated rings. The zero-order valence-corrected chi connectivity index (χ0v) is 14.7. The van der Waals surface area contributed by atoms with Crippen LogP contribution in [0.4, 0.5) is 17.6 Å². The molecule has 0 unspecified atom stereocenters. The number of benzene rings is 1. The monoisotopic (exact) mass is 372 g/mol. The van der Waals surface area contributed by atoms with Crippen LogP contribution in [-0.2, 0) is 6.42 Å². The quantitative estimate of drug-likeness (QED) is 0.419. The average molecular weight is 372 g/mol. The van der Waals surface area contributed by atoms with Gasteiger partial charge in [0.05, 0.1) is 6.61 Å². The third kappa shape index (κ3) is 5.15. The van der Waals surface area contributed by atoms with E-state index in [1.54, 1.807) is 0 Å². The molecule has 0 saturated heterocycles. The third-order valence-corrected chi connectivity index (χ3v) is 5.20. The summed E-state index contributed by atoms with van der Waals surface area (Å²) >= 11 is 0. The van der Waals surface area contributed by atoms with Crippen molar-refractivity contribution in [3.63, 3.8) is 0 Å². The van der Waals surface area contributed by atoms with Crippen molar-refractivity contribution in [3.8, 4) is 11.5 Å². The lowest BCUT2D eigenvalue weighted by Crippen LogP contribution is -2.19. The number of alkyl halides is 3. The fourth-order valence-corrected chi connectivity index (χ4v) is 3.47. The van der Waals surface area contributed by atoms with E-state index in [-0.39, 0.29) is 24.3 Å². The van der Waals surface area contributed by atoms with Gasteiger partial charge < -0.3 is 9.47 Å². The van der Waals surface area contributed by atoms with E-state index in [0.29, 0.717) is 11.8 Å². The van der Waals surface area contributed by atoms with Crippen molar-refractivity contribution in [1.29, 1.82) is 0 Å². The fourth-order valence-electron chi connectivity index (χ4n) is 3.47. The molecule has 6 heteroatoms. The van der Waals surface area contributed by atoms with E-state index in [1.807, 2.05) is 12.2 Å². The maximum Gasteiger partial charge on any atom is 0.573 e. The largest absolute Gasteiger partial charge is 0.573 e. The summed E-state index contributed by atoms with van der Waals surface area (Å²) in [4.78, 5) is 0. The Hall–Kier alpha value is -1.72. The van der Waals surface area contributed by atoms with Crippen molar-refractivity contribution in [1.82, 2.24) is 0 Å². The van der Waals surface area contributed by atoms with Gasteiger partial charge >= 0.3 is 6.36 Å². The molecule has 0 aliphatic heterocycles. The predicted molar refractivity (Wildman–Crippen MR) is 90.7 cm³/mol. The van der Waals surface area contributed by atoms with E-state index in [4.69, 9.17) is 4.74 Å². The van der Waals surface area contributed by atoms with E-state index in [0.717, 1.165) is 38.5 Å². The molecular formula is C20H24F4O2. The second kappa shape index (κ2) is 8.31. The Morgan fingerprint density at radius 2 is 1.77 bits per heavy atom. The number of hydrogen-bond acceptors (Lipinski definition) is 2. The highest BCUT2D eigenvalue weighted by molar-refractivity contribution is 5.45. The first kappa shape index (κ1) is 19.1. The maximum absolute atomic E-state index is 14.6. The summed E-state index contributed by atoms with van der Waals surface area (Å²) in [5.41, 5.74) is 0.174. The molecule has 0 spiro atoms. The normalized spacial score (nSPS) is 19.1. The molecule has 144 valence electrons. The van der Waals surface area contributed by atoms with Crippen LogP contribution in [0.25, 0.3) is 0 Å². The van der Waals surface area contributed by atoms with Gasteiger partial charge in [0.1, 0.15) is 0 Å². The van der Waals surface area contributed by atoms with Crippen LogP contribution < -0.4 is 9.47 Å². The zero-order valence-electron chi connectivity index (χ0n) is 14.7. The standard InChI is InChI=1S/C20H24F4O2/c21-18-16(10-4-9-14-7-3-8-14)11-12-17(19(18)26-20(22,23)24)25-13-15-5-1-2-6-15/h4,9,11-12,14-15H,1-3,5-8,10,13H2/b9-4+. The number of allylic oxidation sites excluding steroid dienone is 2. The Morgan fingerprint density at radius 3 is 2.38 bits per heavy atom. The van der Waals surface area contributed by atoms with Gasteiger partial charge in [-0.1, -0.05) is 37.5 Å². The summed E-state index contributed by atoms with van der Waals surface area (Å²) in [6.07, 6.45) is 6.71. The molecule has 2 aliphatic carbocycles. The van der Waals surface area contributed by atoms with Crippen molar-refractivity contribution < 1.29 is 27.0 Å². The van der Waals surface area contributed by atoms with Gasteiger partial charge in [0.25, 0.3) is 0 Å². The third-order valence-electron chi connectivity index (χ3n) is 5.20. The Labute approximate surface area is 151 Å². The highest BCUT2D eigenvalue weighted by Gasteiger charge is 2.35. The molecule has 0 bridgehead atoms. The summed E-state index contributed by atoms with van der Waals surface area (Å²) in [5.74, 6) is -1.21. The first-order valence-electron chi connectivity index (χ1n) is 9.29. The molecule has 0 amide bonds. The van der Waals surface area contributed by atoms with Crippen molar-refractivity contribution in [2.24, 2.45) is 11.8 Å². The zero-order chi connectivity index (χ0) is 18.6. The van der Waals surface area contributed by atoms with Gasteiger partial charge in [-0.05, 0) is 55.6 Å².